The number of piperazine rings is 1. The standard InChI is InChI=1S/C18H19N7OS/c26-16(25-10-8-24(9-11-25)14-4-2-1-3-5-14)13-27-18-21-17(22-23-18)15-12-19-6-7-20-15/h1-7,12H,8-11,13H2,(H,21,22,23). The number of thioether (sulfide) groups is 1. The second-order valence-corrected chi connectivity index (χ2v) is 6.99. The van der Waals surface area contributed by atoms with Crippen molar-refractivity contribution < 1.29 is 4.79 Å². The van der Waals surface area contributed by atoms with E-state index in [2.05, 4.69) is 42.2 Å². The number of aromatic amines is 1. The highest BCUT2D eigenvalue weighted by Gasteiger charge is 2.21. The van der Waals surface area contributed by atoms with Crippen LogP contribution < -0.4 is 4.90 Å². The fourth-order valence-corrected chi connectivity index (χ4v) is 3.62. The van der Waals surface area contributed by atoms with Gasteiger partial charge in [-0.05, 0) is 12.1 Å². The molecule has 8 nitrogen and oxygen atoms in total. The zero-order valence-corrected chi connectivity index (χ0v) is 15.5. The molecule has 2 aromatic heterocycles. The molecule has 1 aliphatic heterocycles. The van der Waals surface area contributed by atoms with Gasteiger partial charge in [-0.15, -0.1) is 5.10 Å². The number of hydrogen-bond acceptors (Lipinski definition) is 7. The number of H-pyrrole nitrogens is 1. The van der Waals surface area contributed by atoms with Gasteiger partial charge < -0.3 is 9.80 Å². The molecule has 3 aromatic rings. The molecule has 1 fully saturated rings. The minimum Gasteiger partial charge on any atom is -0.368 e. The van der Waals surface area contributed by atoms with Gasteiger partial charge in [0, 0.05) is 44.3 Å². The predicted molar refractivity (Wildman–Crippen MR) is 103 cm³/mol. The summed E-state index contributed by atoms with van der Waals surface area (Å²) < 4.78 is 0. The van der Waals surface area contributed by atoms with E-state index in [1.165, 1.54) is 17.4 Å². The Kier molecular flexibility index (Phi) is 5.29. The van der Waals surface area contributed by atoms with Crippen molar-refractivity contribution >= 4 is 23.4 Å². The van der Waals surface area contributed by atoms with E-state index in [0.29, 0.717) is 22.4 Å². The zero-order valence-electron chi connectivity index (χ0n) is 14.7. The van der Waals surface area contributed by atoms with Gasteiger partial charge in [-0.25, -0.2) is 4.98 Å². The normalized spacial score (nSPS) is 14.4. The Labute approximate surface area is 161 Å². The van der Waals surface area contributed by atoms with E-state index in [0.717, 1.165) is 26.2 Å². The summed E-state index contributed by atoms with van der Waals surface area (Å²) >= 11 is 1.33. The number of amides is 1. The summed E-state index contributed by atoms with van der Waals surface area (Å²) in [6.07, 6.45) is 4.82. The number of carbonyl (C=O) groups is 1. The Morgan fingerprint density at radius 1 is 1.11 bits per heavy atom. The van der Waals surface area contributed by atoms with Gasteiger partial charge in [0.25, 0.3) is 0 Å². The van der Waals surface area contributed by atoms with Crippen LogP contribution in [0.25, 0.3) is 11.5 Å². The van der Waals surface area contributed by atoms with Gasteiger partial charge in [0.1, 0.15) is 5.69 Å². The van der Waals surface area contributed by atoms with Gasteiger partial charge in [0.05, 0.1) is 11.9 Å². The van der Waals surface area contributed by atoms with Crippen molar-refractivity contribution in [1.29, 1.82) is 0 Å². The largest absolute Gasteiger partial charge is 0.368 e. The molecule has 9 heteroatoms. The van der Waals surface area contributed by atoms with Crippen molar-refractivity contribution in [2.24, 2.45) is 0 Å². The minimum absolute atomic E-state index is 0.110. The molecule has 1 aliphatic rings. The molecule has 0 saturated carbocycles. The molecule has 1 saturated heterocycles. The van der Waals surface area contributed by atoms with Gasteiger partial charge in [-0.3, -0.25) is 14.9 Å². The Bertz CT molecular complexity index is 879. The van der Waals surface area contributed by atoms with Crippen molar-refractivity contribution in [3.05, 3.63) is 48.9 Å². The van der Waals surface area contributed by atoms with Crippen molar-refractivity contribution in [3.8, 4) is 11.5 Å². The number of rotatable bonds is 5. The maximum Gasteiger partial charge on any atom is 0.233 e. The lowest BCUT2D eigenvalue weighted by molar-refractivity contribution is -0.128. The lowest BCUT2D eigenvalue weighted by Gasteiger charge is -2.36. The number of benzene rings is 1. The molecule has 27 heavy (non-hydrogen) atoms. The van der Waals surface area contributed by atoms with E-state index >= 15 is 0 Å². The highest BCUT2D eigenvalue weighted by atomic mass is 32.2. The summed E-state index contributed by atoms with van der Waals surface area (Å²) in [6, 6.07) is 10.3. The average Bonchev–Trinajstić information content (AvgIpc) is 3.22. The number of aromatic nitrogens is 5. The van der Waals surface area contributed by atoms with Crippen molar-refractivity contribution in [2.45, 2.75) is 5.16 Å². The summed E-state index contributed by atoms with van der Waals surface area (Å²) in [7, 11) is 0. The van der Waals surface area contributed by atoms with Crippen LogP contribution in [0, 0.1) is 0 Å². The monoisotopic (exact) mass is 381 g/mol. The van der Waals surface area contributed by atoms with Crippen LogP contribution in [0.1, 0.15) is 0 Å². The van der Waals surface area contributed by atoms with Crippen LogP contribution in [-0.2, 0) is 4.79 Å². The lowest BCUT2D eigenvalue weighted by atomic mass is 10.2. The smallest absolute Gasteiger partial charge is 0.233 e. The van der Waals surface area contributed by atoms with E-state index < -0.39 is 0 Å². The van der Waals surface area contributed by atoms with Crippen LogP contribution in [0.3, 0.4) is 0 Å². The van der Waals surface area contributed by atoms with Crippen molar-refractivity contribution in [1.82, 2.24) is 30.0 Å². The quantitative estimate of drug-likeness (QED) is 0.673. The number of nitrogens with zero attached hydrogens (tertiary/aromatic N) is 6. The molecule has 0 spiro atoms. The predicted octanol–water partition coefficient (Wildman–Crippen LogP) is 1.70. The maximum absolute atomic E-state index is 12.5. The summed E-state index contributed by atoms with van der Waals surface area (Å²) in [6.45, 7) is 3.15. The number of carbonyl (C=O) groups excluding carboxylic acids is 1. The first-order chi connectivity index (χ1) is 13.3. The number of nitrogens with one attached hydrogen (secondary N) is 1. The molecule has 0 atom stereocenters. The topological polar surface area (TPSA) is 90.9 Å². The molecule has 138 valence electrons. The molecule has 1 aromatic carbocycles. The first-order valence-corrected chi connectivity index (χ1v) is 9.67. The van der Waals surface area contributed by atoms with Crippen LogP contribution >= 0.6 is 11.8 Å². The fourth-order valence-electron chi connectivity index (χ4n) is 2.92. The van der Waals surface area contributed by atoms with Crippen LogP contribution in [0.4, 0.5) is 5.69 Å². The van der Waals surface area contributed by atoms with Crippen LogP contribution in [0.15, 0.2) is 54.1 Å². The molecule has 1 N–H and O–H groups in total. The molecule has 4 rings (SSSR count). The Morgan fingerprint density at radius 3 is 2.67 bits per heavy atom. The van der Waals surface area contributed by atoms with Gasteiger partial charge >= 0.3 is 0 Å². The summed E-state index contributed by atoms with van der Waals surface area (Å²) in [5.41, 5.74) is 1.83. The second-order valence-electron chi connectivity index (χ2n) is 6.05. The third kappa shape index (κ3) is 4.25. The lowest BCUT2D eigenvalue weighted by Crippen LogP contribution is -2.49. The molecule has 0 aliphatic carbocycles. The first-order valence-electron chi connectivity index (χ1n) is 8.69. The second kappa shape index (κ2) is 8.17. The summed E-state index contributed by atoms with van der Waals surface area (Å²) in [5.74, 6) is 0.983. The van der Waals surface area contributed by atoms with Crippen LogP contribution in [0.2, 0.25) is 0 Å². The molecule has 0 radical (unpaired) electrons. The van der Waals surface area contributed by atoms with Crippen molar-refractivity contribution in [2.75, 3.05) is 36.8 Å². The van der Waals surface area contributed by atoms with Gasteiger partial charge in [0.15, 0.2) is 5.82 Å². The zero-order chi connectivity index (χ0) is 18.5. The fraction of sp³-hybridized carbons (Fsp3) is 0.278. The third-order valence-electron chi connectivity index (χ3n) is 4.35. The van der Waals surface area contributed by atoms with E-state index in [-0.39, 0.29) is 5.91 Å². The van der Waals surface area contributed by atoms with Gasteiger partial charge in [-0.2, -0.15) is 4.98 Å². The van der Waals surface area contributed by atoms with E-state index in [4.69, 9.17) is 0 Å². The summed E-state index contributed by atoms with van der Waals surface area (Å²) in [5, 5.41) is 7.51. The van der Waals surface area contributed by atoms with Gasteiger partial charge in [-0.1, -0.05) is 30.0 Å². The Hall–Kier alpha value is -2.94. The SMILES string of the molecule is O=C(CSc1n[nH]c(-c2cnccn2)n1)N1CCN(c2ccccc2)CC1. The Balaban J connectivity index is 1.27. The van der Waals surface area contributed by atoms with E-state index in [1.54, 1.807) is 18.6 Å². The van der Waals surface area contributed by atoms with Crippen molar-refractivity contribution in [3.63, 3.8) is 0 Å². The molecule has 3 heterocycles. The highest BCUT2D eigenvalue weighted by molar-refractivity contribution is 7.99. The molecule has 0 bridgehead atoms. The van der Waals surface area contributed by atoms with E-state index in [1.807, 2.05) is 23.1 Å². The molecule has 1 amide bonds. The molecular formula is C18H19N7OS. The molecular weight excluding hydrogens is 362 g/mol. The summed E-state index contributed by atoms with van der Waals surface area (Å²) in [4.78, 5) is 29.3. The third-order valence-corrected chi connectivity index (χ3v) is 5.18. The number of anilines is 1. The maximum atomic E-state index is 12.5. The Morgan fingerprint density at radius 2 is 1.93 bits per heavy atom. The number of para-hydroxylation sites is 1. The molecule has 0 unspecified atom stereocenters. The van der Waals surface area contributed by atoms with Crippen LogP contribution in [0.5, 0.6) is 0 Å². The first kappa shape index (κ1) is 17.5. The van der Waals surface area contributed by atoms with Crippen LogP contribution in [-0.4, -0.2) is 67.9 Å². The highest BCUT2D eigenvalue weighted by Crippen LogP contribution is 2.19. The van der Waals surface area contributed by atoms with E-state index in [9.17, 15) is 4.79 Å². The minimum atomic E-state index is 0.110. The average molecular weight is 381 g/mol. The van der Waals surface area contributed by atoms with Gasteiger partial charge in [0.2, 0.25) is 11.1 Å². The number of hydrogen-bond donors (Lipinski definition) is 1.